The van der Waals surface area contributed by atoms with E-state index < -0.39 is 0 Å². The summed E-state index contributed by atoms with van der Waals surface area (Å²) >= 11 is 0. The predicted octanol–water partition coefficient (Wildman–Crippen LogP) is 2.89. The molecule has 0 saturated carbocycles. The normalized spacial score (nSPS) is 15.7. The lowest BCUT2D eigenvalue weighted by Crippen LogP contribution is -2.40. The number of piperidine rings is 1. The molecule has 0 spiro atoms. The molecule has 0 atom stereocenters. The summed E-state index contributed by atoms with van der Waals surface area (Å²) in [6.07, 6.45) is 2.37. The van der Waals surface area contributed by atoms with Crippen LogP contribution in [0.3, 0.4) is 0 Å². The molecule has 1 aliphatic rings. The van der Waals surface area contributed by atoms with Crippen LogP contribution in [0.1, 0.15) is 18.4 Å². The van der Waals surface area contributed by atoms with E-state index in [1.165, 1.54) is 0 Å². The number of ether oxygens (including phenoxy) is 2. The number of nitrogens with one attached hydrogen (secondary N) is 1. The summed E-state index contributed by atoms with van der Waals surface area (Å²) in [5, 5.41) is 7.47. The Morgan fingerprint density at radius 3 is 2.48 bits per heavy atom. The molecule has 0 aromatic heterocycles. The molecule has 0 amide bonds. The monoisotopic (exact) mass is 339 g/mol. The van der Waals surface area contributed by atoms with Crippen LogP contribution in [0.4, 0.5) is 0 Å². The van der Waals surface area contributed by atoms with Crippen LogP contribution in [-0.2, 0) is 0 Å². The second-order valence-corrected chi connectivity index (χ2v) is 6.26. The van der Waals surface area contributed by atoms with Gasteiger partial charge < -0.3 is 15.2 Å². The van der Waals surface area contributed by atoms with E-state index in [4.69, 9.17) is 20.6 Å². The highest BCUT2D eigenvalue weighted by Crippen LogP contribution is 2.19. The van der Waals surface area contributed by atoms with E-state index in [0.717, 1.165) is 44.0 Å². The average molecular weight is 339 g/mol. The van der Waals surface area contributed by atoms with Crippen LogP contribution in [0.25, 0.3) is 0 Å². The number of nitrogens with two attached hydrogens (primary N) is 1. The minimum absolute atomic E-state index is 0.0611. The van der Waals surface area contributed by atoms with Crippen LogP contribution in [0, 0.1) is 5.41 Å². The molecule has 0 aliphatic carbocycles. The van der Waals surface area contributed by atoms with Crippen molar-refractivity contribution in [2.75, 3.05) is 26.2 Å². The van der Waals surface area contributed by atoms with Gasteiger partial charge >= 0.3 is 0 Å². The summed E-state index contributed by atoms with van der Waals surface area (Å²) in [6.45, 7) is 3.57. The van der Waals surface area contributed by atoms with E-state index in [1.54, 1.807) is 0 Å². The molecular weight excluding hydrogens is 314 g/mol. The van der Waals surface area contributed by atoms with Gasteiger partial charge in [0.2, 0.25) is 0 Å². The molecule has 132 valence electrons. The zero-order valence-corrected chi connectivity index (χ0v) is 14.4. The van der Waals surface area contributed by atoms with Gasteiger partial charge in [0.1, 0.15) is 30.0 Å². The Labute approximate surface area is 148 Å². The molecule has 2 aromatic carbocycles. The highest BCUT2D eigenvalue weighted by molar-refractivity contribution is 5.95. The van der Waals surface area contributed by atoms with Gasteiger partial charge in [-0.05, 0) is 37.1 Å². The molecule has 1 fully saturated rings. The molecule has 25 heavy (non-hydrogen) atoms. The summed E-state index contributed by atoms with van der Waals surface area (Å²) in [7, 11) is 0. The Hall–Kier alpha value is -2.53. The SMILES string of the molecule is N=C(N)c1cccc(OCCN2CCC(Oc3ccccc3)CC2)c1. The van der Waals surface area contributed by atoms with Gasteiger partial charge in [0.25, 0.3) is 0 Å². The lowest BCUT2D eigenvalue weighted by molar-refractivity contribution is 0.0915. The third-order valence-corrected chi connectivity index (χ3v) is 4.40. The van der Waals surface area contributed by atoms with Gasteiger partial charge in [-0.25, -0.2) is 0 Å². The maximum Gasteiger partial charge on any atom is 0.122 e. The zero-order valence-electron chi connectivity index (χ0n) is 14.4. The third kappa shape index (κ3) is 5.22. The van der Waals surface area contributed by atoms with Crippen molar-refractivity contribution in [2.45, 2.75) is 18.9 Å². The first-order chi connectivity index (χ1) is 12.2. The fourth-order valence-corrected chi connectivity index (χ4v) is 2.99. The second-order valence-electron chi connectivity index (χ2n) is 6.26. The molecule has 5 heteroatoms. The minimum Gasteiger partial charge on any atom is -0.492 e. The lowest BCUT2D eigenvalue weighted by atomic mass is 10.1. The number of para-hydroxylation sites is 1. The summed E-state index contributed by atoms with van der Waals surface area (Å²) in [6, 6.07) is 17.4. The van der Waals surface area contributed by atoms with Crippen LogP contribution in [0.2, 0.25) is 0 Å². The summed E-state index contributed by atoms with van der Waals surface area (Å²) in [5.41, 5.74) is 6.20. The average Bonchev–Trinajstić information content (AvgIpc) is 2.64. The van der Waals surface area contributed by atoms with Crippen molar-refractivity contribution in [3.05, 3.63) is 60.2 Å². The van der Waals surface area contributed by atoms with Crippen LogP contribution in [0.15, 0.2) is 54.6 Å². The predicted molar refractivity (Wildman–Crippen MR) is 99.5 cm³/mol. The molecule has 0 unspecified atom stereocenters. The van der Waals surface area contributed by atoms with Crippen LogP contribution >= 0.6 is 0 Å². The van der Waals surface area contributed by atoms with E-state index in [0.29, 0.717) is 18.3 Å². The van der Waals surface area contributed by atoms with Gasteiger partial charge in [-0.1, -0.05) is 30.3 Å². The Morgan fingerprint density at radius 2 is 1.76 bits per heavy atom. The first kappa shape index (κ1) is 17.3. The van der Waals surface area contributed by atoms with E-state index in [-0.39, 0.29) is 5.84 Å². The van der Waals surface area contributed by atoms with Gasteiger partial charge in [-0.3, -0.25) is 10.3 Å². The van der Waals surface area contributed by atoms with Gasteiger partial charge in [0.05, 0.1) is 0 Å². The lowest BCUT2D eigenvalue weighted by Gasteiger charge is -2.32. The summed E-state index contributed by atoms with van der Waals surface area (Å²) < 4.78 is 11.8. The Bertz CT molecular complexity index is 682. The van der Waals surface area contributed by atoms with Gasteiger partial charge in [0.15, 0.2) is 0 Å². The molecule has 3 N–H and O–H groups in total. The molecule has 5 nitrogen and oxygen atoms in total. The van der Waals surface area contributed by atoms with E-state index in [1.807, 2.05) is 54.6 Å². The van der Waals surface area contributed by atoms with Gasteiger partial charge in [0, 0.05) is 25.2 Å². The van der Waals surface area contributed by atoms with Crippen molar-refractivity contribution < 1.29 is 9.47 Å². The van der Waals surface area contributed by atoms with Crippen molar-refractivity contribution in [3.63, 3.8) is 0 Å². The maximum atomic E-state index is 7.47. The quantitative estimate of drug-likeness (QED) is 0.601. The zero-order chi connectivity index (χ0) is 17.5. The number of rotatable bonds is 7. The third-order valence-electron chi connectivity index (χ3n) is 4.40. The first-order valence-electron chi connectivity index (χ1n) is 8.72. The molecule has 3 rings (SSSR count). The molecule has 2 aromatic rings. The number of nitrogen functional groups attached to an aromatic ring is 1. The standard InChI is InChI=1S/C20H25N3O2/c21-20(22)16-5-4-8-19(15-16)24-14-13-23-11-9-18(10-12-23)25-17-6-2-1-3-7-17/h1-8,15,18H,9-14H2,(H3,21,22). The van der Waals surface area contributed by atoms with Gasteiger partial charge in [-0.15, -0.1) is 0 Å². The molecule has 1 aliphatic heterocycles. The van der Waals surface area contributed by atoms with Crippen LogP contribution < -0.4 is 15.2 Å². The van der Waals surface area contributed by atoms with E-state index in [2.05, 4.69) is 4.90 Å². The van der Waals surface area contributed by atoms with Crippen LogP contribution in [0.5, 0.6) is 11.5 Å². The van der Waals surface area contributed by atoms with Crippen molar-refractivity contribution in [1.29, 1.82) is 5.41 Å². The molecule has 0 bridgehead atoms. The number of benzene rings is 2. The maximum absolute atomic E-state index is 7.47. The Balaban J connectivity index is 1.38. The fourth-order valence-electron chi connectivity index (χ4n) is 2.99. The topological polar surface area (TPSA) is 71.6 Å². The molecule has 1 heterocycles. The van der Waals surface area contributed by atoms with Crippen LogP contribution in [-0.4, -0.2) is 43.1 Å². The summed E-state index contributed by atoms with van der Waals surface area (Å²) in [5.74, 6) is 1.77. The number of hydrogen-bond acceptors (Lipinski definition) is 4. The van der Waals surface area contributed by atoms with E-state index in [9.17, 15) is 0 Å². The van der Waals surface area contributed by atoms with E-state index >= 15 is 0 Å². The van der Waals surface area contributed by atoms with Gasteiger partial charge in [-0.2, -0.15) is 0 Å². The highest BCUT2D eigenvalue weighted by Gasteiger charge is 2.20. The minimum atomic E-state index is 0.0611. The Kier molecular flexibility index (Phi) is 5.90. The number of amidine groups is 1. The molecule has 1 saturated heterocycles. The van der Waals surface area contributed by atoms with Crippen molar-refractivity contribution in [2.24, 2.45) is 5.73 Å². The van der Waals surface area contributed by atoms with Crippen molar-refractivity contribution in [3.8, 4) is 11.5 Å². The number of nitrogens with zero attached hydrogens (tertiary/aromatic N) is 1. The summed E-state index contributed by atoms with van der Waals surface area (Å²) in [4.78, 5) is 2.40. The Morgan fingerprint density at radius 1 is 1.04 bits per heavy atom. The van der Waals surface area contributed by atoms with Crippen molar-refractivity contribution in [1.82, 2.24) is 4.90 Å². The second kappa shape index (κ2) is 8.53. The smallest absolute Gasteiger partial charge is 0.122 e. The van der Waals surface area contributed by atoms with Crippen molar-refractivity contribution >= 4 is 5.84 Å². The molecular formula is C20H25N3O2. The fraction of sp³-hybridized carbons (Fsp3) is 0.350. The highest BCUT2D eigenvalue weighted by atomic mass is 16.5. The number of hydrogen-bond donors (Lipinski definition) is 2. The first-order valence-corrected chi connectivity index (χ1v) is 8.72. The number of likely N-dealkylation sites (tertiary alicyclic amines) is 1. The molecule has 0 radical (unpaired) electrons. The largest absolute Gasteiger partial charge is 0.492 e.